The summed E-state index contributed by atoms with van der Waals surface area (Å²) in [6.07, 6.45) is 0. The molecule has 0 saturated heterocycles. The minimum absolute atomic E-state index is 0.889. The van der Waals surface area contributed by atoms with Gasteiger partial charge in [-0.1, -0.05) is 22.9 Å². The van der Waals surface area contributed by atoms with E-state index in [1.807, 2.05) is 0 Å². The number of nitrogens with one attached hydrogen (secondary N) is 2. The maximum absolute atomic E-state index is 5.55. The van der Waals surface area contributed by atoms with Crippen LogP contribution in [0.5, 0.6) is 5.75 Å². The van der Waals surface area contributed by atoms with Crippen LogP contribution in [-0.2, 0) is 0 Å². The van der Waals surface area contributed by atoms with Crippen LogP contribution in [-0.4, -0.2) is 26.7 Å². The van der Waals surface area contributed by atoms with Crippen molar-refractivity contribution in [1.29, 1.82) is 0 Å². The zero-order valence-electron chi connectivity index (χ0n) is 11.9. The first kappa shape index (κ1) is 15.3. The summed E-state index contributed by atoms with van der Waals surface area (Å²) in [6.45, 7) is 11.2. The smallest absolute Gasteiger partial charge is 0.145 e. The molecule has 0 aromatic heterocycles. The number of methoxy groups -OCH3 is 1. The first-order chi connectivity index (χ1) is 8.54. The maximum Gasteiger partial charge on any atom is 0.145 e. The van der Waals surface area contributed by atoms with Gasteiger partial charge in [0.1, 0.15) is 5.75 Å². The molecule has 0 unspecified atom stereocenters. The Hall–Kier alpha value is -0.740. The molecule has 1 aromatic rings. The third kappa shape index (κ3) is 3.18. The average molecular weight is 315 g/mol. The second-order valence-corrected chi connectivity index (χ2v) is 5.17. The molecule has 0 atom stereocenters. The van der Waals surface area contributed by atoms with Gasteiger partial charge >= 0.3 is 0 Å². The number of rotatable bonds is 6. The van der Waals surface area contributed by atoms with E-state index >= 15 is 0 Å². The maximum atomic E-state index is 5.55. The molecule has 0 bridgehead atoms. The van der Waals surface area contributed by atoms with Crippen molar-refractivity contribution in [1.82, 2.24) is 5.32 Å². The third-order valence-electron chi connectivity index (χ3n) is 3.22. The minimum Gasteiger partial charge on any atom is -0.494 e. The van der Waals surface area contributed by atoms with Gasteiger partial charge in [0.15, 0.2) is 0 Å². The van der Waals surface area contributed by atoms with Gasteiger partial charge in [-0.05, 0) is 44.0 Å². The van der Waals surface area contributed by atoms with Crippen LogP contribution in [0, 0.1) is 20.8 Å². The minimum atomic E-state index is 0.889. The zero-order valence-corrected chi connectivity index (χ0v) is 13.5. The summed E-state index contributed by atoms with van der Waals surface area (Å²) in [5.74, 6) is 0.949. The highest BCUT2D eigenvalue weighted by molar-refractivity contribution is 9.10. The van der Waals surface area contributed by atoms with E-state index in [0.717, 1.165) is 35.5 Å². The predicted octanol–water partition coefficient (Wildman–Crippen LogP) is 3.40. The van der Waals surface area contributed by atoms with Gasteiger partial charge in [-0.2, -0.15) is 0 Å². The zero-order chi connectivity index (χ0) is 13.7. The highest BCUT2D eigenvalue weighted by Crippen LogP contribution is 2.39. The standard InChI is InChI=1S/C14H23BrN2O/c1-6-16-7-8-17-13-11(4)12(15)9(2)10(3)14(13)18-5/h16-17H,6-8H2,1-5H3. The number of ether oxygens (including phenoxy) is 1. The molecule has 0 amide bonds. The van der Waals surface area contributed by atoms with Crippen molar-refractivity contribution in [2.24, 2.45) is 0 Å². The molecule has 18 heavy (non-hydrogen) atoms. The largest absolute Gasteiger partial charge is 0.494 e. The van der Waals surface area contributed by atoms with E-state index in [4.69, 9.17) is 4.74 Å². The number of anilines is 1. The Balaban J connectivity index is 3.01. The highest BCUT2D eigenvalue weighted by Gasteiger charge is 2.16. The van der Waals surface area contributed by atoms with Gasteiger partial charge < -0.3 is 15.4 Å². The quantitative estimate of drug-likeness (QED) is 0.789. The summed E-state index contributed by atoms with van der Waals surface area (Å²) in [5, 5.41) is 6.76. The van der Waals surface area contributed by atoms with Crippen LogP contribution in [0.1, 0.15) is 23.6 Å². The molecule has 102 valence electrons. The van der Waals surface area contributed by atoms with E-state index in [-0.39, 0.29) is 0 Å². The normalized spacial score (nSPS) is 10.6. The van der Waals surface area contributed by atoms with Gasteiger partial charge in [-0.15, -0.1) is 0 Å². The predicted molar refractivity (Wildman–Crippen MR) is 81.9 cm³/mol. The Labute approximate surface area is 118 Å². The molecule has 1 rings (SSSR count). The van der Waals surface area contributed by atoms with E-state index in [0.29, 0.717) is 0 Å². The lowest BCUT2D eigenvalue weighted by Crippen LogP contribution is -2.22. The summed E-state index contributed by atoms with van der Waals surface area (Å²) in [5.41, 5.74) is 4.71. The van der Waals surface area contributed by atoms with E-state index in [2.05, 4.69) is 54.3 Å². The van der Waals surface area contributed by atoms with Crippen LogP contribution in [0.25, 0.3) is 0 Å². The lowest BCUT2D eigenvalue weighted by molar-refractivity contribution is 0.412. The Morgan fingerprint density at radius 1 is 1.06 bits per heavy atom. The van der Waals surface area contributed by atoms with E-state index in [9.17, 15) is 0 Å². The van der Waals surface area contributed by atoms with E-state index in [1.54, 1.807) is 7.11 Å². The molecule has 2 N–H and O–H groups in total. The van der Waals surface area contributed by atoms with Crippen LogP contribution in [0.2, 0.25) is 0 Å². The van der Waals surface area contributed by atoms with Crippen molar-refractivity contribution in [2.45, 2.75) is 27.7 Å². The van der Waals surface area contributed by atoms with Crippen LogP contribution >= 0.6 is 15.9 Å². The molecule has 3 nitrogen and oxygen atoms in total. The van der Waals surface area contributed by atoms with E-state index in [1.165, 1.54) is 16.7 Å². The number of likely N-dealkylation sites (N-methyl/N-ethyl adjacent to an activating group) is 1. The molecule has 4 heteroatoms. The van der Waals surface area contributed by atoms with Gasteiger partial charge in [0, 0.05) is 17.6 Å². The molecule has 0 aliphatic rings. The van der Waals surface area contributed by atoms with Crippen molar-refractivity contribution in [2.75, 3.05) is 32.1 Å². The fourth-order valence-corrected chi connectivity index (χ4v) is 2.50. The summed E-state index contributed by atoms with van der Waals surface area (Å²) >= 11 is 3.66. The number of halogens is 1. The van der Waals surface area contributed by atoms with Gasteiger partial charge in [-0.3, -0.25) is 0 Å². The van der Waals surface area contributed by atoms with E-state index < -0.39 is 0 Å². The number of hydrogen-bond acceptors (Lipinski definition) is 3. The lowest BCUT2D eigenvalue weighted by atomic mass is 10.0. The average Bonchev–Trinajstić information content (AvgIpc) is 2.38. The Bertz CT molecular complexity index is 419. The van der Waals surface area contributed by atoms with Gasteiger partial charge in [0.05, 0.1) is 12.8 Å². The first-order valence-corrected chi connectivity index (χ1v) is 7.11. The Morgan fingerprint density at radius 3 is 2.28 bits per heavy atom. The van der Waals surface area contributed by atoms with Crippen molar-refractivity contribution in [3.05, 3.63) is 21.2 Å². The van der Waals surface area contributed by atoms with Crippen molar-refractivity contribution >= 4 is 21.6 Å². The van der Waals surface area contributed by atoms with Gasteiger partial charge in [0.25, 0.3) is 0 Å². The molecule has 0 radical (unpaired) electrons. The lowest BCUT2D eigenvalue weighted by Gasteiger charge is -2.20. The highest BCUT2D eigenvalue weighted by atomic mass is 79.9. The SMILES string of the molecule is CCNCCNc1c(C)c(Br)c(C)c(C)c1OC. The fourth-order valence-electron chi connectivity index (χ4n) is 2.00. The summed E-state index contributed by atoms with van der Waals surface area (Å²) in [6, 6.07) is 0. The molecule has 0 fully saturated rings. The monoisotopic (exact) mass is 314 g/mol. The molecular formula is C14H23BrN2O. The third-order valence-corrected chi connectivity index (χ3v) is 4.41. The van der Waals surface area contributed by atoms with Crippen LogP contribution in [0.15, 0.2) is 4.47 Å². The molecule has 1 aromatic carbocycles. The van der Waals surface area contributed by atoms with Crippen molar-refractivity contribution in [3.63, 3.8) is 0 Å². The first-order valence-electron chi connectivity index (χ1n) is 6.32. The summed E-state index contributed by atoms with van der Waals surface area (Å²) in [4.78, 5) is 0. The second-order valence-electron chi connectivity index (χ2n) is 4.38. The topological polar surface area (TPSA) is 33.3 Å². The van der Waals surface area contributed by atoms with Crippen LogP contribution in [0.3, 0.4) is 0 Å². The van der Waals surface area contributed by atoms with Gasteiger partial charge in [0.2, 0.25) is 0 Å². The summed E-state index contributed by atoms with van der Waals surface area (Å²) in [7, 11) is 1.73. The number of hydrogen-bond donors (Lipinski definition) is 2. The van der Waals surface area contributed by atoms with Crippen LogP contribution in [0.4, 0.5) is 5.69 Å². The Morgan fingerprint density at radius 2 is 1.72 bits per heavy atom. The van der Waals surface area contributed by atoms with Gasteiger partial charge in [-0.25, -0.2) is 0 Å². The molecule has 0 saturated carbocycles. The molecule has 0 aliphatic carbocycles. The summed E-state index contributed by atoms with van der Waals surface area (Å²) < 4.78 is 6.71. The van der Waals surface area contributed by atoms with Crippen LogP contribution < -0.4 is 15.4 Å². The Kier molecular flexibility index (Phi) is 5.96. The molecule has 0 spiro atoms. The molecule has 0 aliphatic heterocycles. The molecule has 0 heterocycles. The fraction of sp³-hybridized carbons (Fsp3) is 0.571. The van der Waals surface area contributed by atoms with Crippen molar-refractivity contribution < 1.29 is 4.74 Å². The van der Waals surface area contributed by atoms with Crippen molar-refractivity contribution in [3.8, 4) is 5.75 Å². The second kappa shape index (κ2) is 7.00. The number of benzene rings is 1. The molecular weight excluding hydrogens is 292 g/mol.